The Morgan fingerprint density at radius 1 is 1.08 bits per heavy atom. The molecule has 2 amide bonds. The van der Waals surface area contributed by atoms with Crippen molar-refractivity contribution in [3.8, 4) is 0 Å². The molecule has 0 heterocycles. The number of sulfonamides is 1. The van der Waals surface area contributed by atoms with Crippen LogP contribution in [-0.4, -0.2) is 20.2 Å². The SMILES string of the molecule is CC(=O)Nc1ccc(S(=O)(=O)NC(=O)C2=CC=CC(C)C=C2)cc1. The first-order valence-corrected chi connectivity index (χ1v) is 8.78. The summed E-state index contributed by atoms with van der Waals surface area (Å²) in [5.41, 5.74) is 0.732. The topological polar surface area (TPSA) is 92.3 Å². The summed E-state index contributed by atoms with van der Waals surface area (Å²) in [7, 11) is -3.99. The lowest BCUT2D eigenvalue weighted by molar-refractivity contribution is -0.115. The molecule has 1 aromatic carbocycles. The molecule has 1 aromatic rings. The second-order valence-corrected chi connectivity index (χ2v) is 7.05. The maximum atomic E-state index is 12.3. The van der Waals surface area contributed by atoms with E-state index in [-0.39, 0.29) is 22.3 Å². The molecule has 1 aliphatic rings. The van der Waals surface area contributed by atoms with Gasteiger partial charge in [0, 0.05) is 18.2 Å². The number of allylic oxidation sites excluding steroid dienone is 4. The average molecular weight is 346 g/mol. The molecule has 0 saturated heterocycles. The van der Waals surface area contributed by atoms with Gasteiger partial charge in [0.1, 0.15) is 0 Å². The number of hydrogen-bond donors (Lipinski definition) is 2. The van der Waals surface area contributed by atoms with Gasteiger partial charge in [-0.25, -0.2) is 13.1 Å². The lowest BCUT2D eigenvalue weighted by Crippen LogP contribution is -2.31. The lowest BCUT2D eigenvalue weighted by Gasteiger charge is -2.08. The van der Waals surface area contributed by atoms with Gasteiger partial charge < -0.3 is 5.32 Å². The van der Waals surface area contributed by atoms with Gasteiger partial charge in [0.2, 0.25) is 5.91 Å². The summed E-state index contributed by atoms with van der Waals surface area (Å²) in [6, 6.07) is 5.55. The molecule has 0 saturated carbocycles. The highest BCUT2D eigenvalue weighted by atomic mass is 32.2. The van der Waals surface area contributed by atoms with Crippen molar-refractivity contribution in [3.05, 3.63) is 60.2 Å². The number of carbonyl (C=O) groups is 2. The van der Waals surface area contributed by atoms with E-state index in [1.807, 2.05) is 23.8 Å². The van der Waals surface area contributed by atoms with Gasteiger partial charge >= 0.3 is 0 Å². The number of carbonyl (C=O) groups excluding carboxylic acids is 2. The molecule has 1 aliphatic carbocycles. The van der Waals surface area contributed by atoms with Crippen LogP contribution in [-0.2, 0) is 19.6 Å². The van der Waals surface area contributed by atoms with Gasteiger partial charge in [0.15, 0.2) is 0 Å². The zero-order valence-corrected chi connectivity index (χ0v) is 14.1. The van der Waals surface area contributed by atoms with Crippen LogP contribution < -0.4 is 10.0 Å². The first-order chi connectivity index (χ1) is 11.3. The van der Waals surface area contributed by atoms with Crippen LogP contribution in [0.15, 0.2) is 65.1 Å². The van der Waals surface area contributed by atoms with E-state index < -0.39 is 15.9 Å². The van der Waals surface area contributed by atoms with Crippen molar-refractivity contribution in [1.29, 1.82) is 0 Å². The van der Waals surface area contributed by atoms with Crippen LogP contribution in [0.5, 0.6) is 0 Å². The molecular formula is C17H18N2O4S. The molecule has 0 radical (unpaired) electrons. The van der Waals surface area contributed by atoms with Crippen molar-refractivity contribution in [2.45, 2.75) is 18.7 Å². The van der Waals surface area contributed by atoms with Gasteiger partial charge in [0.25, 0.3) is 15.9 Å². The van der Waals surface area contributed by atoms with Gasteiger partial charge in [-0.05, 0) is 36.3 Å². The highest BCUT2D eigenvalue weighted by Crippen LogP contribution is 2.15. The third-order valence-electron chi connectivity index (χ3n) is 3.24. The second-order valence-electron chi connectivity index (χ2n) is 5.37. The zero-order chi connectivity index (χ0) is 17.7. The molecule has 0 spiro atoms. The minimum Gasteiger partial charge on any atom is -0.326 e. The summed E-state index contributed by atoms with van der Waals surface area (Å²) in [5.74, 6) is -0.784. The molecule has 1 unspecified atom stereocenters. The van der Waals surface area contributed by atoms with Crippen molar-refractivity contribution in [2.75, 3.05) is 5.32 Å². The predicted octanol–water partition coefficient (Wildman–Crippen LogP) is 2.14. The molecule has 0 aliphatic heterocycles. The third kappa shape index (κ3) is 4.66. The number of anilines is 1. The van der Waals surface area contributed by atoms with Crippen LogP contribution in [0.4, 0.5) is 5.69 Å². The van der Waals surface area contributed by atoms with Crippen molar-refractivity contribution < 1.29 is 18.0 Å². The van der Waals surface area contributed by atoms with E-state index in [1.165, 1.54) is 31.2 Å². The summed E-state index contributed by atoms with van der Waals surface area (Å²) in [6.45, 7) is 3.31. The fourth-order valence-electron chi connectivity index (χ4n) is 2.02. The summed E-state index contributed by atoms with van der Waals surface area (Å²) < 4.78 is 26.6. The van der Waals surface area contributed by atoms with Crippen LogP contribution in [0.3, 0.4) is 0 Å². The van der Waals surface area contributed by atoms with Crippen LogP contribution in [0.2, 0.25) is 0 Å². The molecule has 2 N–H and O–H groups in total. The molecule has 126 valence electrons. The molecule has 1 atom stereocenters. The van der Waals surface area contributed by atoms with Gasteiger partial charge in [-0.1, -0.05) is 31.2 Å². The number of hydrogen-bond acceptors (Lipinski definition) is 4. The summed E-state index contributed by atoms with van der Waals surface area (Å²) in [4.78, 5) is 23.1. The minimum atomic E-state index is -3.99. The van der Waals surface area contributed by atoms with E-state index in [1.54, 1.807) is 18.2 Å². The van der Waals surface area contributed by atoms with Gasteiger partial charge in [-0.15, -0.1) is 0 Å². The van der Waals surface area contributed by atoms with Gasteiger partial charge in [-0.2, -0.15) is 0 Å². The van der Waals surface area contributed by atoms with Gasteiger partial charge in [0.05, 0.1) is 4.90 Å². The minimum absolute atomic E-state index is 0.0629. The fourth-order valence-corrected chi connectivity index (χ4v) is 3.00. The van der Waals surface area contributed by atoms with E-state index in [0.29, 0.717) is 5.69 Å². The maximum absolute atomic E-state index is 12.3. The molecule has 0 aromatic heterocycles. The zero-order valence-electron chi connectivity index (χ0n) is 13.3. The quantitative estimate of drug-likeness (QED) is 0.873. The van der Waals surface area contributed by atoms with E-state index in [9.17, 15) is 18.0 Å². The first kappa shape index (κ1) is 17.7. The smallest absolute Gasteiger partial charge is 0.264 e. The monoisotopic (exact) mass is 346 g/mol. The predicted molar refractivity (Wildman–Crippen MR) is 91.6 cm³/mol. The molecule has 0 bridgehead atoms. The van der Waals surface area contributed by atoms with E-state index in [4.69, 9.17) is 0 Å². The number of nitrogens with one attached hydrogen (secondary N) is 2. The standard InChI is InChI=1S/C17H18N2O4S/c1-12-4-3-5-14(7-6-12)17(21)19-24(22,23)16-10-8-15(9-11-16)18-13(2)20/h3-12H,1-2H3,(H,18,20)(H,19,21). The Hall–Kier alpha value is -2.67. The highest BCUT2D eigenvalue weighted by Gasteiger charge is 2.19. The van der Waals surface area contributed by atoms with E-state index >= 15 is 0 Å². The van der Waals surface area contributed by atoms with Crippen molar-refractivity contribution >= 4 is 27.5 Å². The van der Waals surface area contributed by atoms with Crippen LogP contribution in [0, 0.1) is 5.92 Å². The van der Waals surface area contributed by atoms with Gasteiger partial charge in [-0.3, -0.25) is 9.59 Å². The first-order valence-electron chi connectivity index (χ1n) is 7.29. The molecular weight excluding hydrogens is 328 g/mol. The number of benzene rings is 1. The Kier molecular flexibility index (Phi) is 5.35. The molecule has 24 heavy (non-hydrogen) atoms. The summed E-state index contributed by atoms with van der Waals surface area (Å²) in [6.07, 6.45) is 8.57. The average Bonchev–Trinajstić information content (AvgIpc) is 2.71. The third-order valence-corrected chi connectivity index (χ3v) is 4.59. The largest absolute Gasteiger partial charge is 0.326 e. The molecule has 6 nitrogen and oxygen atoms in total. The Labute approximate surface area is 141 Å². The lowest BCUT2D eigenvalue weighted by atomic mass is 10.1. The Bertz CT molecular complexity index is 834. The Morgan fingerprint density at radius 3 is 2.38 bits per heavy atom. The van der Waals surface area contributed by atoms with E-state index in [2.05, 4.69) is 5.32 Å². The van der Waals surface area contributed by atoms with Crippen LogP contribution >= 0.6 is 0 Å². The number of rotatable bonds is 4. The Balaban J connectivity index is 2.14. The van der Waals surface area contributed by atoms with Crippen LogP contribution in [0.25, 0.3) is 0 Å². The highest BCUT2D eigenvalue weighted by molar-refractivity contribution is 7.90. The van der Waals surface area contributed by atoms with Crippen molar-refractivity contribution in [2.24, 2.45) is 5.92 Å². The molecule has 7 heteroatoms. The summed E-state index contributed by atoms with van der Waals surface area (Å²) >= 11 is 0. The van der Waals surface area contributed by atoms with E-state index in [0.717, 1.165) is 0 Å². The normalized spacial score (nSPS) is 16.9. The van der Waals surface area contributed by atoms with Crippen molar-refractivity contribution in [1.82, 2.24) is 4.72 Å². The number of amides is 2. The Morgan fingerprint density at radius 2 is 1.75 bits per heavy atom. The molecule has 2 rings (SSSR count). The summed E-state index contributed by atoms with van der Waals surface area (Å²) in [5, 5.41) is 2.54. The second kappa shape index (κ2) is 7.27. The molecule has 0 fully saturated rings. The fraction of sp³-hybridized carbons (Fsp3) is 0.176. The maximum Gasteiger partial charge on any atom is 0.264 e. The van der Waals surface area contributed by atoms with Crippen LogP contribution in [0.1, 0.15) is 13.8 Å². The van der Waals surface area contributed by atoms with Crippen molar-refractivity contribution in [3.63, 3.8) is 0 Å².